The zero-order valence-electron chi connectivity index (χ0n) is 10.0. The number of carbonyl (C=O) groups is 1. The molecule has 1 aromatic rings. The van der Waals surface area contributed by atoms with E-state index in [-0.39, 0.29) is 16.3 Å². The third kappa shape index (κ3) is 2.38. The highest BCUT2D eigenvalue weighted by atomic mass is 35.5. The number of carboxylic acids is 1. The second kappa shape index (κ2) is 4.45. The van der Waals surface area contributed by atoms with Crippen LogP contribution in [0, 0.1) is 0 Å². The summed E-state index contributed by atoms with van der Waals surface area (Å²) in [6.07, 6.45) is 1.59. The molecule has 0 aliphatic heterocycles. The molecule has 1 heterocycles. The third-order valence-corrected chi connectivity index (χ3v) is 2.62. The monoisotopic (exact) mass is 244 g/mol. The van der Waals surface area contributed by atoms with Crippen LogP contribution in [0.25, 0.3) is 0 Å². The van der Waals surface area contributed by atoms with E-state index in [9.17, 15) is 4.79 Å². The van der Waals surface area contributed by atoms with Crippen LogP contribution in [0.15, 0.2) is 0 Å². The lowest BCUT2D eigenvalue weighted by Crippen LogP contribution is -2.27. The number of halogens is 1. The maximum Gasteiger partial charge on any atom is 0.355 e. The average molecular weight is 245 g/mol. The van der Waals surface area contributed by atoms with Gasteiger partial charge in [-0.3, -0.25) is 4.68 Å². The molecule has 0 unspecified atom stereocenters. The van der Waals surface area contributed by atoms with E-state index in [2.05, 4.69) is 5.10 Å². The van der Waals surface area contributed by atoms with Gasteiger partial charge in [0, 0.05) is 0 Å². The Bertz CT molecular complexity index is 405. The van der Waals surface area contributed by atoms with Gasteiger partial charge in [0.15, 0.2) is 5.69 Å². The van der Waals surface area contributed by atoms with Gasteiger partial charge in [0.25, 0.3) is 0 Å². The molecule has 1 aromatic heterocycles. The molecule has 5 heteroatoms. The number of nitrogens with zero attached hydrogens (tertiary/aromatic N) is 2. The second-order valence-corrected chi connectivity index (χ2v) is 5.13. The molecule has 0 spiro atoms. The fourth-order valence-corrected chi connectivity index (χ4v) is 1.80. The first kappa shape index (κ1) is 13.0. The standard InChI is InChI=1S/C11H17ClN2O2/c1-5-6-7-8(12)9(10(15)16)14(13-7)11(2,3)4/h5-6H2,1-4H3,(H,15,16). The molecule has 0 bridgehead atoms. The van der Waals surface area contributed by atoms with Gasteiger partial charge >= 0.3 is 5.97 Å². The third-order valence-electron chi connectivity index (χ3n) is 2.22. The van der Waals surface area contributed by atoms with Crippen LogP contribution in [0.3, 0.4) is 0 Å². The average Bonchev–Trinajstić information content (AvgIpc) is 2.44. The van der Waals surface area contributed by atoms with Gasteiger partial charge < -0.3 is 5.11 Å². The summed E-state index contributed by atoms with van der Waals surface area (Å²) in [5.41, 5.74) is 0.359. The zero-order valence-corrected chi connectivity index (χ0v) is 10.8. The first-order chi connectivity index (χ1) is 7.29. The van der Waals surface area contributed by atoms with E-state index in [4.69, 9.17) is 16.7 Å². The quantitative estimate of drug-likeness (QED) is 0.890. The fraction of sp³-hybridized carbons (Fsp3) is 0.636. The highest BCUT2D eigenvalue weighted by Crippen LogP contribution is 2.27. The first-order valence-electron chi connectivity index (χ1n) is 5.30. The van der Waals surface area contributed by atoms with Crippen molar-refractivity contribution < 1.29 is 9.90 Å². The van der Waals surface area contributed by atoms with Crippen LogP contribution in [0.4, 0.5) is 0 Å². The molecule has 0 atom stereocenters. The van der Waals surface area contributed by atoms with E-state index in [0.29, 0.717) is 12.1 Å². The van der Waals surface area contributed by atoms with Crippen molar-refractivity contribution in [2.24, 2.45) is 0 Å². The number of aryl methyl sites for hydroxylation is 1. The number of hydrogen-bond acceptors (Lipinski definition) is 2. The number of rotatable bonds is 3. The molecule has 90 valence electrons. The summed E-state index contributed by atoms with van der Waals surface area (Å²) in [7, 11) is 0. The van der Waals surface area contributed by atoms with Crippen LogP contribution in [0.1, 0.15) is 50.3 Å². The maximum absolute atomic E-state index is 11.2. The molecule has 1 rings (SSSR count). The van der Waals surface area contributed by atoms with E-state index in [1.807, 2.05) is 27.7 Å². The second-order valence-electron chi connectivity index (χ2n) is 4.75. The van der Waals surface area contributed by atoms with E-state index < -0.39 is 5.97 Å². The Labute approximate surface area is 100 Å². The van der Waals surface area contributed by atoms with Gasteiger partial charge in [-0.25, -0.2) is 4.79 Å². The molecule has 0 aliphatic rings. The fourth-order valence-electron chi connectivity index (χ4n) is 1.51. The lowest BCUT2D eigenvalue weighted by Gasteiger charge is -2.20. The highest BCUT2D eigenvalue weighted by Gasteiger charge is 2.27. The van der Waals surface area contributed by atoms with Gasteiger partial charge in [-0.1, -0.05) is 24.9 Å². The predicted octanol–water partition coefficient (Wildman–Crippen LogP) is 2.94. The zero-order chi connectivity index (χ0) is 12.5. The Morgan fingerprint density at radius 1 is 1.50 bits per heavy atom. The Morgan fingerprint density at radius 2 is 2.06 bits per heavy atom. The van der Waals surface area contributed by atoms with Gasteiger partial charge in [0.1, 0.15) is 0 Å². The minimum absolute atomic E-state index is 0.0811. The lowest BCUT2D eigenvalue weighted by atomic mass is 10.1. The number of hydrogen-bond donors (Lipinski definition) is 1. The Hall–Kier alpha value is -1.03. The van der Waals surface area contributed by atoms with E-state index in [0.717, 1.165) is 6.42 Å². The van der Waals surface area contributed by atoms with Gasteiger partial charge in [-0.15, -0.1) is 0 Å². The van der Waals surface area contributed by atoms with Crippen LogP contribution in [0.5, 0.6) is 0 Å². The molecule has 0 amide bonds. The van der Waals surface area contributed by atoms with Crippen LogP contribution in [0.2, 0.25) is 5.02 Å². The molecular formula is C11H17ClN2O2. The Morgan fingerprint density at radius 3 is 2.38 bits per heavy atom. The maximum atomic E-state index is 11.2. The lowest BCUT2D eigenvalue weighted by molar-refractivity contribution is 0.0675. The molecule has 16 heavy (non-hydrogen) atoms. The van der Waals surface area contributed by atoms with Crippen molar-refractivity contribution in [2.75, 3.05) is 0 Å². The molecule has 1 N–H and O–H groups in total. The van der Waals surface area contributed by atoms with E-state index in [1.54, 1.807) is 0 Å². The molecule has 0 saturated carbocycles. The predicted molar refractivity (Wildman–Crippen MR) is 63.2 cm³/mol. The van der Waals surface area contributed by atoms with Crippen molar-refractivity contribution in [3.8, 4) is 0 Å². The largest absolute Gasteiger partial charge is 0.476 e. The van der Waals surface area contributed by atoms with E-state index in [1.165, 1.54) is 4.68 Å². The normalized spacial score (nSPS) is 11.8. The summed E-state index contributed by atoms with van der Waals surface area (Å²) >= 11 is 6.05. The molecule has 4 nitrogen and oxygen atoms in total. The minimum atomic E-state index is -1.03. The van der Waals surface area contributed by atoms with Crippen molar-refractivity contribution in [1.82, 2.24) is 9.78 Å². The van der Waals surface area contributed by atoms with Crippen molar-refractivity contribution in [3.63, 3.8) is 0 Å². The summed E-state index contributed by atoms with van der Waals surface area (Å²) < 4.78 is 1.49. The molecule has 0 fully saturated rings. The number of aromatic carboxylic acids is 1. The molecule has 0 aliphatic carbocycles. The first-order valence-corrected chi connectivity index (χ1v) is 5.68. The van der Waals surface area contributed by atoms with Crippen LogP contribution >= 0.6 is 11.6 Å². The van der Waals surface area contributed by atoms with E-state index >= 15 is 0 Å². The minimum Gasteiger partial charge on any atom is -0.476 e. The topological polar surface area (TPSA) is 55.1 Å². The SMILES string of the molecule is CCCc1nn(C(C)(C)C)c(C(=O)O)c1Cl. The summed E-state index contributed by atoms with van der Waals surface area (Å²) in [5, 5.41) is 13.7. The van der Waals surface area contributed by atoms with Gasteiger partial charge in [-0.05, 0) is 27.2 Å². The van der Waals surface area contributed by atoms with Crippen molar-refractivity contribution in [1.29, 1.82) is 0 Å². The summed E-state index contributed by atoms with van der Waals surface area (Å²) in [6, 6.07) is 0. The summed E-state index contributed by atoms with van der Waals surface area (Å²) in [6.45, 7) is 7.71. The Kier molecular flexibility index (Phi) is 3.63. The molecule has 0 radical (unpaired) electrons. The van der Waals surface area contributed by atoms with Crippen molar-refractivity contribution in [2.45, 2.75) is 46.1 Å². The molecule has 0 saturated heterocycles. The summed E-state index contributed by atoms with van der Waals surface area (Å²) in [5.74, 6) is -1.03. The molecule has 0 aromatic carbocycles. The Balaban J connectivity index is 3.37. The smallest absolute Gasteiger partial charge is 0.355 e. The van der Waals surface area contributed by atoms with Gasteiger partial charge in [0.2, 0.25) is 0 Å². The van der Waals surface area contributed by atoms with Gasteiger partial charge in [0.05, 0.1) is 16.3 Å². The number of carboxylic acid groups (broad SMARTS) is 1. The highest BCUT2D eigenvalue weighted by molar-refractivity contribution is 6.33. The van der Waals surface area contributed by atoms with Crippen LogP contribution in [-0.2, 0) is 12.0 Å². The van der Waals surface area contributed by atoms with Crippen molar-refractivity contribution >= 4 is 17.6 Å². The van der Waals surface area contributed by atoms with Gasteiger partial charge in [-0.2, -0.15) is 5.10 Å². The van der Waals surface area contributed by atoms with Crippen LogP contribution in [-0.4, -0.2) is 20.9 Å². The number of aromatic nitrogens is 2. The molecular weight excluding hydrogens is 228 g/mol. The van der Waals surface area contributed by atoms with Crippen LogP contribution < -0.4 is 0 Å². The van der Waals surface area contributed by atoms with Crippen molar-refractivity contribution in [3.05, 3.63) is 16.4 Å². The summed E-state index contributed by atoms with van der Waals surface area (Å²) in [4.78, 5) is 11.2.